The number of hydrogen-bond donors (Lipinski definition) is 3. The van der Waals surface area contributed by atoms with Crippen LogP contribution in [-0.4, -0.2) is 27.4 Å². The van der Waals surface area contributed by atoms with Gasteiger partial charge in [0.25, 0.3) is 5.91 Å². The molecule has 0 saturated heterocycles. The first kappa shape index (κ1) is 13.1. The Morgan fingerprint density at radius 3 is 3.00 bits per heavy atom. The Labute approximate surface area is 121 Å². The molecule has 0 aliphatic carbocycles. The summed E-state index contributed by atoms with van der Waals surface area (Å²) in [6.45, 7) is 0.487. The van der Waals surface area contributed by atoms with Gasteiger partial charge in [0, 0.05) is 30.7 Å². The molecule has 2 aromatic heterocycles. The lowest BCUT2D eigenvalue weighted by Crippen LogP contribution is -2.27. The number of nitrogen functional groups attached to an aromatic ring is 1. The molecule has 3 aromatic rings. The summed E-state index contributed by atoms with van der Waals surface area (Å²) in [5, 5.41) is 4.57. The molecule has 0 radical (unpaired) electrons. The first-order chi connectivity index (χ1) is 10.2. The summed E-state index contributed by atoms with van der Waals surface area (Å²) in [4.78, 5) is 23.4. The monoisotopic (exact) mass is 281 g/mol. The lowest BCUT2D eigenvalue weighted by molar-refractivity contribution is 0.0949. The average molecular weight is 281 g/mol. The zero-order valence-corrected chi connectivity index (χ0v) is 11.3. The third-order valence-electron chi connectivity index (χ3n) is 3.20. The second-order valence-electron chi connectivity index (χ2n) is 4.66. The number of rotatable bonds is 4. The number of benzene rings is 1. The van der Waals surface area contributed by atoms with Gasteiger partial charge >= 0.3 is 0 Å². The van der Waals surface area contributed by atoms with Crippen molar-refractivity contribution in [1.82, 2.24) is 20.3 Å². The van der Waals surface area contributed by atoms with E-state index < -0.39 is 0 Å². The maximum Gasteiger partial charge on any atom is 0.270 e. The maximum atomic E-state index is 12.1. The SMILES string of the molecule is Nc1nc(C(=O)NCCc2ncc[nH]2)cc2ccccc12. The van der Waals surface area contributed by atoms with Crippen LogP contribution in [0.4, 0.5) is 5.82 Å². The first-order valence-corrected chi connectivity index (χ1v) is 6.66. The highest BCUT2D eigenvalue weighted by molar-refractivity contribution is 5.99. The fourth-order valence-corrected chi connectivity index (χ4v) is 2.16. The molecule has 1 amide bonds. The Hall–Kier alpha value is -2.89. The van der Waals surface area contributed by atoms with Gasteiger partial charge in [-0.3, -0.25) is 4.79 Å². The van der Waals surface area contributed by atoms with E-state index in [2.05, 4.69) is 20.3 Å². The third-order valence-corrected chi connectivity index (χ3v) is 3.20. The van der Waals surface area contributed by atoms with Gasteiger partial charge in [0.05, 0.1) is 0 Å². The Balaban J connectivity index is 1.72. The lowest BCUT2D eigenvalue weighted by Gasteiger charge is -2.07. The molecular formula is C15H15N5O. The van der Waals surface area contributed by atoms with Gasteiger partial charge in [-0.15, -0.1) is 0 Å². The predicted octanol–water partition coefficient (Wildman–Crippen LogP) is 1.51. The van der Waals surface area contributed by atoms with Crippen LogP contribution >= 0.6 is 0 Å². The van der Waals surface area contributed by atoms with Crippen LogP contribution in [0.2, 0.25) is 0 Å². The highest BCUT2D eigenvalue weighted by Crippen LogP contribution is 2.19. The van der Waals surface area contributed by atoms with E-state index in [1.54, 1.807) is 18.5 Å². The van der Waals surface area contributed by atoms with Crippen LogP contribution in [0.3, 0.4) is 0 Å². The number of carbonyl (C=O) groups excluding carboxylic acids is 1. The van der Waals surface area contributed by atoms with Crippen LogP contribution < -0.4 is 11.1 Å². The van der Waals surface area contributed by atoms with Crippen molar-refractivity contribution in [3.05, 3.63) is 54.2 Å². The summed E-state index contributed by atoms with van der Waals surface area (Å²) >= 11 is 0. The Bertz CT molecular complexity index is 767. The van der Waals surface area contributed by atoms with Crippen molar-refractivity contribution < 1.29 is 4.79 Å². The Kier molecular flexibility index (Phi) is 3.51. The number of anilines is 1. The third kappa shape index (κ3) is 2.84. The highest BCUT2D eigenvalue weighted by atomic mass is 16.1. The zero-order chi connectivity index (χ0) is 14.7. The van der Waals surface area contributed by atoms with Crippen LogP contribution in [0, 0.1) is 0 Å². The van der Waals surface area contributed by atoms with Crippen molar-refractivity contribution in [2.45, 2.75) is 6.42 Å². The second-order valence-corrected chi connectivity index (χ2v) is 4.66. The molecular weight excluding hydrogens is 266 g/mol. The van der Waals surface area contributed by atoms with Gasteiger partial charge in [-0.1, -0.05) is 24.3 Å². The van der Waals surface area contributed by atoms with Gasteiger partial charge in [-0.05, 0) is 11.5 Å². The molecule has 106 valence electrons. The maximum absolute atomic E-state index is 12.1. The fourth-order valence-electron chi connectivity index (χ4n) is 2.16. The molecule has 6 heteroatoms. The minimum atomic E-state index is -0.237. The molecule has 4 N–H and O–H groups in total. The molecule has 2 heterocycles. The second kappa shape index (κ2) is 5.62. The van der Waals surface area contributed by atoms with Crippen LogP contribution in [0.25, 0.3) is 10.8 Å². The van der Waals surface area contributed by atoms with E-state index in [0.717, 1.165) is 16.6 Å². The number of aromatic amines is 1. The normalized spacial score (nSPS) is 10.7. The van der Waals surface area contributed by atoms with Crippen LogP contribution in [0.1, 0.15) is 16.3 Å². The first-order valence-electron chi connectivity index (χ1n) is 6.66. The smallest absolute Gasteiger partial charge is 0.270 e. The minimum Gasteiger partial charge on any atom is -0.383 e. The van der Waals surface area contributed by atoms with Crippen molar-refractivity contribution in [3.63, 3.8) is 0 Å². The molecule has 0 atom stereocenters. The van der Waals surface area contributed by atoms with Gasteiger partial charge in [-0.25, -0.2) is 9.97 Å². The molecule has 0 spiro atoms. The number of pyridine rings is 1. The van der Waals surface area contributed by atoms with Crippen molar-refractivity contribution in [2.75, 3.05) is 12.3 Å². The Morgan fingerprint density at radius 1 is 1.33 bits per heavy atom. The van der Waals surface area contributed by atoms with Crippen molar-refractivity contribution in [3.8, 4) is 0 Å². The Morgan fingerprint density at radius 2 is 2.19 bits per heavy atom. The van der Waals surface area contributed by atoms with Crippen molar-refractivity contribution in [2.24, 2.45) is 0 Å². The van der Waals surface area contributed by atoms with E-state index in [9.17, 15) is 4.79 Å². The van der Waals surface area contributed by atoms with E-state index in [1.807, 2.05) is 24.3 Å². The molecule has 0 bridgehead atoms. The number of imidazole rings is 1. The van der Waals surface area contributed by atoms with E-state index in [0.29, 0.717) is 24.5 Å². The standard InChI is InChI=1S/C15H15N5O/c16-14-11-4-2-1-3-10(11)9-12(20-14)15(21)19-6-5-13-17-7-8-18-13/h1-4,7-9H,5-6H2,(H2,16,20)(H,17,18)(H,19,21). The van der Waals surface area contributed by atoms with Crippen LogP contribution in [0.15, 0.2) is 42.7 Å². The van der Waals surface area contributed by atoms with Gasteiger partial charge < -0.3 is 16.0 Å². The van der Waals surface area contributed by atoms with Crippen molar-refractivity contribution in [1.29, 1.82) is 0 Å². The highest BCUT2D eigenvalue weighted by Gasteiger charge is 2.10. The summed E-state index contributed by atoms with van der Waals surface area (Å²) in [6, 6.07) is 9.33. The van der Waals surface area contributed by atoms with Crippen LogP contribution in [0.5, 0.6) is 0 Å². The summed E-state index contributed by atoms with van der Waals surface area (Å²) in [7, 11) is 0. The number of aromatic nitrogens is 3. The molecule has 0 unspecified atom stereocenters. The predicted molar refractivity (Wildman–Crippen MR) is 80.8 cm³/mol. The quantitative estimate of drug-likeness (QED) is 0.675. The lowest BCUT2D eigenvalue weighted by atomic mass is 10.1. The number of carbonyl (C=O) groups is 1. The number of amides is 1. The molecule has 6 nitrogen and oxygen atoms in total. The largest absolute Gasteiger partial charge is 0.383 e. The number of nitrogens with two attached hydrogens (primary N) is 1. The van der Waals surface area contributed by atoms with E-state index >= 15 is 0 Å². The van der Waals surface area contributed by atoms with Crippen molar-refractivity contribution >= 4 is 22.5 Å². The number of hydrogen-bond acceptors (Lipinski definition) is 4. The van der Waals surface area contributed by atoms with Crippen LogP contribution in [-0.2, 0) is 6.42 Å². The molecule has 3 rings (SSSR count). The summed E-state index contributed by atoms with van der Waals surface area (Å²) in [6.07, 6.45) is 4.08. The van der Waals surface area contributed by atoms with Gasteiger partial charge in [-0.2, -0.15) is 0 Å². The van der Waals surface area contributed by atoms with E-state index in [4.69, 9.17) is 5.73 Å². The van der Waals surface area contributed by atoms with Gasteiger partial charge in [0.1, 0.15) is 17.3 Å². The topological polar surface area (TPSA) is 96.7 Å². The van der Waals surface area contributed by atoms with Gasteiger partial charge in [0.15, 0.2) is 0 Å². The van der Waals surface area contributed by atoms with Gasteiger partial charge in [0.2, 0.25) is 0 Å². The van der Waals surface area contributed by atoms with E-state index in [-0.39, 0.29) is 5.91 Å². The van der Waals surface area contributed by atoms with E-state index in [1.165, 1.54) is 0 Å². The summed E-state index contributed by atoms with van der Waals surface area (Å²) in [5.41, 5.74) is 6.22. The molecule has 0 aliphatic heterocycles. The molecule has 0 aliphatic rings. The molecule has 0 fully saturated rings. The molecule has 0 saturated carbocycles. The summed E-state index contributed by atoms with van der Waals surface area (Å²) in [5.74, 6) is 0.963. The fraction of sp³-hybridized carbons (Fsp3) is 0.133. The average Bonchev–Trinajstić information content (AvgIpc) is 3.00. The number of nitrogens with zero attached hydrogens (tertiary/aromatic N) is 2. The summed E-state index contributed by atoms with van der Waals surface area (Å²) < 4.78 is 0. The molecule has 1 aromatic carbocycles. The number of nitrogens with one attached hydrogen (secondary N) is 2. The zero-order valence-electron chi connectivity index (χ0n) is 11.3. The minimum absolute atomic E-state index is 0.237. The molecule has 21 heavy (non-hydrogen) atoms. The number of H-pyrrole nitrogens is 1. The number of fused-ring (bicyclic) bond motifs is 1.